The first-order valence-electron chi connectivity index (χ1n) is 3.72. The van der Waals surface area contributed by atoms with Gasteiger partial charge in [-0.05, 0) is 12.1 Å². The molecule has 2 amide bonds. The number of nitrogens with one attached hydrogen (secondary N) is 2. The zero-order valence-electron chi connectivity index (χ0n) is 6.86. The number of rotatable bonds is 3. The summed E-state index contributed by atoms with van der Waals surface area (Å²) in [6, 6.07) is 4.71. The molecule has 0 aliphatic heterocycles. The van der Waals surface area contributed by atoms with E-state index in [-0.39, 0.29) is 6.54 Å². The molecule has 0 spiro atoms. The van der Waals surface area contributed by atoms with Crippen molar-refractivity contribution < 1.29 is 9.59 Å². The quantitative estimate of drug-likeness (QED) is 0.660. The smallest absolute Gasteiger partial charge is 0.320 e. The second-order valence-electron chi connectivity index (χ2n) is 2.22. The van der Waals surface area contributed by atoms with Gasteiger partial charge in [0.05, 0.1) is 6.54 Å². The van der Waals surface area contributed by atoms with E-state index in [1.165, 1.54) is 0 Å². The Kier molecular flexibility index (Phi) is 3.44. The van der Waals surface area contributed by atoms with Crippen LogP contribution in [0, 0.1) is 0 Å². The van der Waals surface area contributed by atoms with Crippen LogP contribution in [0.15, 0.2) is 24.4 Å². The van der Waals surface area contributed by atoms with Gasteiger partial charge in [-0.15, -0.1) is 0 Å². The summed E-state index contributed by atoms with van der Waals surface area (Å²) >= 11 is 0. The SMILES string of the molecule is O=CCNC(=O)Nc1ccccn1. The van der Waals surface area contributed by atoms with Gasteiger partial charge >= 0.3 is 6.03 Å². The Balaban J connectivity index is 2.41. The van der Waals surface area contributed by atoms with Crippen LogP contribution in [0.25, 0.3) is 0 Å². The number of urea groups is 1. The molecule has 1 aromatic heterocycles. The van der Waals surface area contributed by atoms with Crippen molar-refractivity contribution >= 4 is 18.1 Å². The Labute approximate surface area is 75.2 Å². The average Bonchev–Trinajstić information content (AvgIpc) is 2.16. The maximum atomic E-state index is 11.0. The highest BCUT2D eigenvalue weighted by molar-refractivity contribution is 5.89. The number of nitrogens with zero attached hydrogens (tertiary/aromatic N) is 1. The van der Waals surface area contributed by atoms with E-state index in [0.717, 1.165) is 0 Å². The molecular formula is C8H9N3O2. The van der Waals surface area contributed by atoms with Crippen molar-refractivity contribution in [3.8, 4) is 0 Å². The molecule has 0 fully saturated rings. The lowest BCUT2D eigenvalue weighted by molar-refractivity contribution is -0.107. The Hall–Kier alpha value is -1.91. The van der Waals surface area contributed by atoms with Gasteiger partial charge in [0.15, 0.2) is 0 Å². The van der Waals surface area contributed by atoms with E-state index in [2.05, 4.69) is 15.6 Å². The third-order valence-corrected chi connectivity index (χ3v) is 1.25. The highest BCUT2D eigenvalue weighted by atomic mass is 16.2. The Bertz CT molecular complexity index is 287. The number of hydrogen-bond donors (Lipinski definition) is 2. The first kappa shape index (κ1) is 9.18. The molecule has 0 aliphatic rings. The standard InChI is InChI=1S/C8H9N3O2/c12-6-5-10-8(13)11-7-3-1-2-4-9-7/h1-4,6H,5H2,(H2,9,10,11,13). The molecule has 5 heteroatoms. The molecule has 0 bridgehead atoms. The predicted molar refractivity (Wildman–Crippen MR) is 47.3 cm³/mol. The van der Waals surface area contributed by atoms with Gasteiger partial charge in [0.25, 0.3) is 0 Å². The van der Waals surface area contributed by atoms with Crippen molar-refractivity contribution in [2.24, 2.45) is 0 Å². The topological polar surface area (TPSA) is 71.1 Å². The molecule has 68 valence electrons. The summed E-state index contributed by atoms with van der Waals surface area (Å²) in [7, 11) is 0. The molecule has 2 N–H and O–H groups in total. The summed E-state index contributed by atoms with van der Waals surface area (Å²) in [5.74, 6) is 0.450. The molecule has 0 radical (unpaired) electrons. The maximum absolute atomic E-state index is 11.0. The van der Waals surface area contributed by atoms with Gasteiger partial charge in [-0.3, -0.25) is 5.32 Å². The van der Waals surface area contributed by atoms with E-state index in [1.807, 2.05) is 0 Å². The van der Waals surface area contributed by atoms with Crippen LogP contribution in [-0.2, 0) is 4.79 Å². The van der Waals surface area contributed by atoms with Crippen LogP contribution in [-0.4, -0.2) is 23.8 Å². The van der Waals surface area contributed by atoms with Gasteiger partial charge in [0.1, 0.15) is 12.1 Å². The molecule has 0 saturated heterocycles. The van der Waals surface area contributed by atoms with Gasteiger partial charge in [0, 0.05) is 6.20 Å². The number of amides is 2. The van der Waals surface area contributed by atoms with Crippen LogP contribution in [0.5, 0.6) is 0 Å². The average molecular weight is 179 g/mol. The van der Waals surface area contributed by atoms with Crippen LogP contribution in [0.2, 0.25) is 0 Å². The van der Waals surface area contributed by atoms with Crippen molar-refractivity contribution in [2.75, 3.05) is 11.9 Å². The summed E-state index contributed by atoms with van der Waals surface area (Å²) in [5, 5.41) is 4.78. The number of aromatic nitrogens is 1. The largest absolute Gasteiger partial charge is 0.331 e. The van der Waals surface area contributed by atoms with Crippen LogP contribution >= 0.6 is 0 Å². The number of anilines is 1. The summed E-state index contributed by atoms with van der Waals surface area (Å²) in [5.41, 5.74) is 0. The van der Waals surface area contributed by atoms with Crippen LogP contribution < -0.4 is 10.6 Å². The Morgan fingerprint density at radius 2 is 2.38 bits per heavy atom. The first-order valence-corrected chi connectivity index (χ1v) is 3.72. The lowest BCUT2D eigenvalue weighted by Gasteiger charge is -2.02. The fraction of sp³-hybridized carbons (Fsp3) is 0.125. The molecule has 0 atom stereocenters. The van der Waals surface area contributed by atoms with Crippen molar-refractivity contribution in [2.45, 2.75) is 0 Å². The number of hydrogen-bond acceptors (Lipinski definition) is 3. The van der Waals surface area contributed by atoms with Crippen molar-refractivity contribution in [1.29, 1.82) is 0 Å². The lowest BCUT2D eigenvalue weighted by Crippen LogP contribution is -2.30. The molecule has 0 saturated carbocycles. The highest BCUT2D eigenvalue weighted by Crippen LogP contribution is 1.98. The molecule has 0 unspecified atom stereocenters. The van der Waals surface area contributed by atoms with Gasteiger partial charge in [-0.2, -0.15) is 0 Å². The second kappa shape index (κ2) is 4.87. The van der Waals surface area contributed by atoms with E-state index in [4.69, 9.17) is 0 Å². The van der Waals surface area contributed by atoms with E-state index in [1.54, 1.807) is 24.4 Å². The predicted octanol–water partition coefficient (Wildman–Crippen LogP) is 0.402. The molecule has 0 aromatic carbocycles. The Morgan fingerprint density at radius 1 is 1.54 bits per heavy atom. The minimum Gasteiger partial charge on any atom is -0.331 e. The highest BCUT2D eigenvalue weighted by Gasteiger charge is 1.98. The van der Waals surface area contributed by atoms with Crippen LogP contribution in [0.4, 0.5) is 10.6 Å². The normalized spacial score (nSPS) is 8.92. The van der Waals surface area contributed by atoms with Crippen molar-refractivity contribution in [3.05, 3.63) is 24.4 Å². The number of carbonyl (C=O) groups is 2. The zero-order valence-corrected chi connectivity index (χ0v) is 6.86. The van der Waals surface area contributed by atoms with E-state index in [9.17, 15) is 9.59 Å². The zero-order chi connectivity index (χ0) is 9.52. The number of aldehydes is 1. The molecular weight excluding hydrogens is 170 g/mol. The third-order valence-electron chi connectivity index (χ3n) is 1.25. The molecule has 1 heterocycles. The molecule has 1 rings (SSSR count). The Morgan fingerprint density at radius 3 is 3.00 bits per heavy atom. The first-order chi connectivity index (χ1) is 6.33. The summed E-state index contributed by atoms with van der Waals surface area (Å²) in [6.07, 6.45) is 2.17. The minimum absolute atomic E-state index is 0.00132. The van der Waals surface area contributed by atoms with Gasteiger partial charge in [-0.1, -0.05) is 6.07 Å². The second-order valence-corrected chi connectivity index (χ2v) is 2.22. The monoisotopic (exact) mass is 179 g/mol. The lowest BCUT2D eigenvalue weighted by atomic mass is 10.5. The fourth-order valence-corrected chi connectivity index (χ4v) is 0.732. The van der Waals surface area contributed by atoms with E-state index >= 15 is 0 Å². The molecule has 0 aliphatic carbocycles. The minimum atomic E-state index is -0.439. The fourth-order valence-electron chi connectivity index (χ4n) is 0.732. The number of carbonyl (C=O) groups excluding carboxylic acids is 2. The summed E-state index contributed by atoms with van der Waals surface area (Å²) in [4.78, 5) is 24.7. The molecule has 13 heavy (non-hydrogen) atoms. The van der Waals surface area contributed by atoms with Gasteiger partial charge in [-0.25, -0.2) is 9.78 Å². The summed E-state index contributed by atoms with van der Waals surface area (Å²) < 4.78 is 0. The van der Waals surface area contributed by atoms with Crippen LogP contribution in [0.1, 0.15) is 0 Å². The van der Waals surface area contributed by atoms with Crippen molar-refractivity contribution in [3.63, 3.8) is 0 Å². The van der Waals surface area contributed by atoms with Gasteiger partial charge < -0.3 is 10.1 Å². The van der Waals surface area contributed by atoms with Crippen molar-refractivity contribution in [1.82, 2.24) is 10.3 Å². The molecule has 5 nitrogen and oxygen atoms in total. The van der Waals surface area contributed by atoms with Gasteiger partial charge in [0.2, 0.25) is 0 Å². The summed E-state index contributed by atoms with van der Waals surface area (Å²) in [6.45, 7) is -0.00132. The van der Waals surface area contributed by atoms with E-state index < -0.39 is 6.03 Å². The number of pyridine rings is 1. The maximum Gasteiger partial charge on any atom is 0.320 e. The molecule has 1 aromatic rings. The van der Waals surface area contributed by atoms with E-state index in [0.29, 0.717) is 12.1 Å². The third kappa shape index (κ3) is 3.33. The van der Waals surface area contributed by atoms with Crippen LogP contribution in [0.3, 0.4) is 0 Å².